The van der Waals surface area contributed by atoms with E-state index in [9.17, 15) is 9.59 Å². The molecule has 2 aliphatic heterocycles. The van der Waals surface area contributed by atoms with Gasteiger partial charge in [-0.15, -0.1) is 0 Å². The molecular weight excluding hydrogens is 404 g/mol. The molecule has 4 fully saturated rings. The standard InChI is InChI=1S/C25H36N4O3/c1-2-28-12-14-29(15-13-28)11-5-10-26-23(30)21-16-19-9-8-18(21)17-25(19)27-24(31)20-6-3-4-7-22(20)32-25/h3-4,6-7,18-19,21H,2,5,8-17H2,1H3,(H,26,30)(H,27,31). The highest BCUT2D eigenvalue weighted by Gasteiger charge is 2.57. The number of likely N-dealkylation sites (N-methyl/N-ethyl adjacent to an activating group) is 1. The van der Waals surface area contributed by atoms with Crippen LogP contribution >= 0.6 is 0 Å². The zero-order valence-corrected chi connectivity index (χ0v) is 19.1. The van der Waals surface area contributed by atoms with Crippen molar-refractivity contribution in [2.45, 2.75) is 44.8 Å². The van der Waals surface area contributed by atoms with Gasteiger partial charge in [-0.05, 0) is 56.8 Å². The Labute approximate surface area is 190 Å². The van der Waals surface area contributed by atoms with Crippen LogP contribution in [-0.4, -0.2) is 73.2 Å². The molecule has 1 spiro atoms. The minimum absolute atomic E-state index is 0.0325. The molecule has 4 atom stereocenters. The Hall–Kier alpha value is -2.12. The smallest absolute Gasteiger partial charge is 0.258 e. The SMILES string of the molecule is CCN1CCN(CCCNC(=O)C2CC3CCC2CC32NC(=O)c3ccccc3O2)CC1. The summed E-state index contributed by atoms with van der Waals surface area (Å²) < 4.78 is 6.40. The minimum atomic E-state index is -0.647. The van der Waals surface area contributed by atoms with Crippen LogP contribution in [0.15, 0.2) is 24.3 Å². The first-order valence-electron chi connectivity index (χ1n) is 12.4. The number of amides is 2. The molecule has 2 bridgehead atoms. The first-order chi connectivity index (χ1) is 15.6. The molecule has 7 heteroatoms. The van der Waals surface area contributed by atoms with E-state index < -0.39 is 5.72 Å². The third kappa shape index (κ3) is 4.13. The van der Waals surface area contributed by atoms with Crippen molar-refractivity contribution >= 4 is 11.8 Å². The zero-order valence-electron chi connectivity index (χ0n) is 19.1. The molecule has 2 N–H and O–H groups in total. The monoisotopic (exact) mass is 440 g/mol. The Bertz CT molecular complexity index is 853. The second kappa shape index (κ2) is 9.02. The quantitative estimate of drug-likeness (QED) is 0.663. The summed E-state index contributed by atoms with van der Waals surface area (Å²) in [6.45, 7) is 9.71. The zero-order chi connectivity index (χ0) is 22.1. The van der Waals surface area contributed by atoms with Crippen molar-refractivity contribution in [1.29, 1.82) is 0 Å². The van der Waals surface area contributed by atoms with Crippen LogP contribution in [0.4, 0.5) is 0 Å². The van der Waals surface area contributed by atoms with Crippen LogP contribution in [0.3, 0.4) is 0 Å². The molecule has 1 saturated heterocycles. The predicted octanol–water partition coefficient (Wildman–Crippen LogP) is 2.09. The number of ether oxygens (including phenoxy) is 1. The van der Waals surface area contributed by atoms with Crippen LogP contribution in [0.25, 0.3) is 0 Å². The number of rotatable bonds is 6. The van der Waals surface area contributed by atoms with E-state index in [0.717, 1.165) is 77.9 Å². The van der Waals surface area contributed by atoms with Gasteiger partial charge >= 0.3 is 0 Å². The number of carbonyl (C=O) groups excluding carboxylic acids is 2. The van der Waals surface area contributed by atoms with Gasteiger partial charge in [0.1, 0.15) is 5.75 Å². The second-order valence-electron chi connectivity index (χ2n) is 9.94. The van der Waals surface area contributed by atoms with Crippen molar-refractivity contribution < 1.29 is 14.3 Å². The fraction of sp³-hybridized carbons (Fsp3) is 0.680. The number of para-hydroxylation sites is 1. The van der Waals surface area contributed by atoms with Gasteiger partial charge in [-0.3, -0.25) is 9.59 Å². The van der Waals surface area contributed by atoms with E-state index in [4.69, 9.17) is 4.74 Å². The lowest BCUT2D eigenvalue weighted by molar-refractivity contribution is -0.146. The third-order valence-electron chi connectivity index (χ3n) is 8.17. The molecule has 1 aromatic rings. The van der Waals surface area contributed by atoms with E-state index >= 15 is 0 Å². The average Bonchev–Trinajstić information content (AvgIpc) is 2.82. The van der Waals surface area contributed by atoms with E-state index in [1.165, 1.54) is 0 Å². The van der Waals surface area contributed by atoms with Crippen LogP contribution in [0, 0.1) is 17.8 Å². The Morgan fingerprint density at radius 3 is 2.72 bits per heavy atom. The van der Waals surface area contributed by atoms with E-state index in [0.29, 0.717) is 11.3 Å². The molecule has 7 nitrogen and oxygen atoms in total. The highest BCUT2D eigenvalue weighted by atomic mass is 16.5. The molecular formula is C25H36N4O3. The number of fused-ring (bicyclic) bond motifs is 3. The number of carbonyl (C=O) groups is 2. The molecule has 4 unspecified atom stereocenters. The lowest BCUT2D eigenvalue weighted by Crippen LogP contribution is -2.66. The largest absolute Gasteiger partial charge is 0.467 e. The molecule has 0 aromatic heterocycles. The molecule has 32 heavy (non-hydrogen) atoms. The van der Waals surface area contributed by atoms with Gasteiger partial charge in [-0.1, -0.05) is 19.1 Å². The van der Waals surface area contributed by atoms with E-state index in [2.05, 4.69) is 27.4 Å². The van der Waals surface area contributed by atoms with E-state index in [-0.39, 0.29) is 29.6 Å². The minimum Gasteiger partial charge on any atom is -0.467 e. The molecule has 3 saturated carbocycles. The number of piperazine rings is 1. The van der Waals surface area contributed by atoms with E-state index in [1.807, 2.05) is 18.2 Å². The van der Waals surface area contributed by atoms with Crippen molar-refractivity contribution in [3.8, 4) is 5.75 Å². The van der Waals surface area contributed by atoms with Gasteiger partial charge < -0.3 is 25.2 Å². The van der Waals surface area contributed by atoms with Crippen molar-refractivity contribution in [2.75, 3.05) is 45.8 Å². The summed E-state index contributed by atoms with van der Waals surface area (Å²) in [4.78, 5) is 30.7. The van der Waals surface area contributed by atoms with Crippen LogP contribution in [0.2, 0.25) is 0 Å². The fourth-order valence-corrected chi connectivity index (χ4v) is 6.26. The van der Waals surface area contributed by atoms with E-state index in [1.54, 1.807) is 6.07 Å². The number of nitrogens with one attached hydrogen (secondary N) is 2. The van der Waals surface area contributed by atoms with Gasteiger partial charge in [-0.25, -0.2) is 0 Å². The molecule has 2 heterocycles. The van der Waals surface area contributed by atoms with Gasteiger partial charge in [0.15, 0.2) is 5.72 Å². The first kappa shape index (κ1) is 21.7. The molecule has 174 valence electrons. The summed E-state index contributed by atoms with van der Waals surface area (Å²) in [6, 6.07) is 7.45. The van der Waals surface area contributed by atoms with Gasteiger partial charge in [-0.2, -0.15) is 0 Å². The van der Waals surface area contributed by atoms with Crippen molar-refractivity contribution in [1.82, 2.24) is 20.4 Å². The van der Waals surface area contributed by atoms with Crippen LogP contribution in [-0.2, 0) is 4.79 Å². The van der Waals surface area contributed by atoms with Gasteiger partial charge in [0.2, 0.25) is 5.91 Å². The van der Waals surface area contributed by atoms with Gasteiger partial charge in [0.25, 0.3) is 5.91 Å². The van der Waals surface area contributed by atoms with Crippen molar-refractivity contribution in [2.24, 2.45) is 17.8 Å². The summed E-state index contributed by atoms with van der Waals surface area (Å²) >= 11 is 0. The van der Waals surface area contributed by atoms with Gasteiger partial charge in [0, 0.05) is 51.0 Å². The Morgan fingerprint density at radius 1 is 1.19 bits per heavy atom. The maximum Gasteiger partial charge on any atom is 0.258 e. The number of hydrogen-bond acceptors (Lipinski definition) is 5. The maximum absolute atomic E-state index is 13.0. The molecule has 5 aliphatic rings. The third-order valence-corrected chi connectivity index (χ3v) is 8.17. The lowest BCUT2D eigenvalue weighted by atomic mass is 9.60. The topological polar surface area (TPSA) is 73.9 Å². The lowest BCUT2D eigenvalue weighted by Gasteiger charge is -2.55. The summed E-state index contributed by atoms with van der Waals surface area (Å²) in [5.74, 6) is 1.27. The van der Waals surface area contributed by atoms with Crippen LogP contribution in [0.1, 0.15) is 49.4 Å². The molecule has 6 rings (SSSR count). The Balaban J connectivity index is 1.12. The molecule has 1 aromatic carbocycles. The summed E-state index contributed by atoms with van der Waals surface area (Å²) in [6.07, 6.45) is 4.54. The van der Waals surface area contributed by atoms with Gasteiger partial charge in [0.05, 0.1) is 5.56 Å². The maximum atomic E-state index is 13.0. The van der Waals surface area contributed by atoms with Crippen LogP contribution in [0.5, 0.6) is 5.75 Å². The summed E-state index contributed by atoms with van der Waals surface area (Å²) in [7, 11) is 0. The number of nitrogens with zero attached hydrogens (tertiary/aromatic N) is 2. The number of hydrogen-bond donors (Lipinski definition) is 2. The Morgan fingerprint density at radius 2 is 1.97 bits per heavy atom. The second-order valence-corrected chi connectivity index (χ2v) is 9.94. The average molecular weight is 441 g/mol. The Kier molecular flexibility index (Phi) is 6.12. The highest BCUT2D eigenvalue weighted by molar-refractivity contribution is 5.98. The summed E-state index contributed by atoms with van der Waals surface area (Å²) in [5, 5.41) is 6.38. The fourth-order valence-electron chi connectivity index (χ4n) is 6.26. The highest BCUT2D eigenvalue weighted by Crippen LogP contribution is 2.52. The predicted molar refractivity (Wildman–Crippen MR) is 122 cm³/mol. The van der Waals surface area contributed by atoms with Crippen molar-refractivity contribution in [3.05, 3.63) is 29.8 Å². The first-order valence-corrected chi connectivity index (χ1v) is 12.4. The van der Waals surface area contributed by atoms with Crippen LogP contribution < -0.4 is 15.4 Å². The number of benzene rings is 1. The molecule has 0 radical (unpaired) electrons. The molecule has 3 aliphatic carbocycles. The summed E-state index contributed by atoms with van der Waals surface area (Å²) in [5.41, 5.74) is -0.0452. The molecule has 2 amide bonds. The normalized spacial score (nSPS) is 32.3. The van der Waals surface area contributed by atoms with Crippen molar-refractivity contribution in [3.63, 3.8) is 0 Å².